The Kier molecular flexibility index (Phi) is 8.07. The van der Waals surface area contributed by atoms with Crippen LogP contribution < -0.4 is 0 Å². The molecule has 1 aliphatic carbocycles. The van der Waals surface area contributed by atoms with Crippen LogP contribution in [0.5, 0.6) is 0 Å². The predicted molar refractivity (Wildman–Crippen MR) is 90.9 cm³/mol. The first-order chi connectivity index (χ1) is 10.8. The summed E-state index contributed by atoms with van der Waals surface area (Å²) in [5, 5.41) is 0. The number of carbonyl (C=O) groups excluding carboxylic acids is 2. The lowest BCUT2D eigenvalue weighted by atomic mass is 9.67. The molecule has 0 saturated heterocycles. The molecule has 1 saturated carbocycles. The summed E-state index contributed by atoms with van der Waals surface area (Å²) in [7, 11) is 0. The fourth-order valence-electron chi connectivity index (χ4n) is 2.90. The SMILES string of the molecule is CCC(C)COC(=O)C1CCCCC1(C)C(=O)OCC(C)CC. The van der Waals surface area contributed by atoms with Gasteiger partial charge in [-0.15, -0.1) is 0 Å². The van der Waals surface area contributed by atoms with Gasteiger partial charge < -0.3 is 9.47 Å². The Labute approximate surface area is 141 Å². The molecule has 0 spiro atoms. The molecule has 0 aromatic carbocycles. The van der Waals surface area contributed by atoms with E-state index in [1.54, 1.807) is 0 Å². The van der Waals surface area contributed by atoms with Crippen molar-refractivity contribution in [2.75, 3.05) is 13.2 Å². The second-order valence-electron chi connectivity index (χ2n) is 7.47. The first-order valence-electron chi connectivity index (χ1n) is 9.18. The zero-order chi connectivity index (χ0) is 17.5. The van der Waals surface area contributed by atoms with Crippen LogP contribution in [0.1, 0.15) is 73.1 Å². The van der Waals surface area contributed by atoms with Gasteiger partial charge in [0.1, 0.15) is 0 Å². The first-order valence-corrected chi connectivity index (χ1v) is 9.18. The molecule has 23 heavy (non-hydrogen) atoms. The molecule has 4 nitrogen and oxygen atoms in total. The summed E-state index contributed by atoms with van der Waals surface area (Å²) >= 11 is 0. The summed E-state index contributed by atoms with van der Waals surface area (Å²) < 4.78 is 11.0. The monoisotopic (exact) mass is 326 g/mol. The van der Waals surface area contributed by atoms with E-state index in [-0.39, 0.29) is 17.9 Å². The van der Waals surface area contributed by atoms with E-state index in [0.29, 0.717) is 37.9 Å². The molecule has 0 amide bonds. The van der Waals surface area contributed by atoms with Crippen LogP contribution in [0.2, 0.25) is 0 Å². The van der Waals surface area contributed by atoms with Gasteiger partial charge in [0.25, 0.3) is 0 Å². The lowest BCUT2D eigenvalue weighted by molar-refractivity contribution is -0.173. The molecule has 4 unspecified atom stereocenters. The Morgan fingerprint density at radius 2 is 1.61 bits per heavy atom. The van der Waals surface area contributed by atoms with E-state index in [1.165, 1.54) is 0 Å². The van der Waals surface area contributed by atoms with Gasteiger partial charge in [-0.25, -0.2) is 0 Å². The van der Waals surface area contributed by atoms with Gasteiger partial charge in [0.15, 0.2) is 0 Å². The third kappa shape index (κ3) is 5.50. The summed E-state index contributed by atoms with van der Waals surface area (Å²) in [6, 6.07) is 0. The summed E-state index contributed by atoms with van der Waals surface area (Å²) in [6.45, 7) is 11.0. The minimum absolute atomic E-state index is 0.229. The lowest BCUT2D eigenvalue weighted by Gasteiger charge is -2.38. The fourth-order valence-corrected chi connectivity index (χ4v) is 2.90. The number of rotatable bonds is 8. The van der Waals surface area contributed by atoms with Crippen molar-refractivity contribution < 1.29 is 19.1 Å². The maximum absolute atomic E-state index is 12.6. The molecular formula is C19H34O4. The van der Waals surface area contributed by atoms with Crippen molar-refractivity contribution in [3.63, 3.8) is 0 Å². The zero-order valence-electron chi connectivity index (χ0n) is 15.5. The standard InChI is InChI=1S/C19H34O4/c1-6-14(3)12-22-17(20)16-10-8-9-11-19(16,5)18(21)23-13-15(4)7-2/h14-16H,6-13H2,1-5H3. The molecule has 134 valence electrons. The Balaban J connectivity index is 2.71. The molecule has 0 heterocycles. The van der Waals surface area contributed by atoms with Crippen molar-refractivity contribution in [1.29, 1.82) is 0 Å². The van der Waals surface area contributed by atoms with Crippen molar-refractivity contribution in [1.82, 2.24) is 0 Å². The number of hydrogen-bond donors (Lipinski definition) is 0. The van der Waals surface area contributed by atoms with E-state index in [2.05, 4.69) is 27.7 Å². The van der Waals surface area contributed by atoms with Gasteiger partial charge in [-0.2, -0.15) is 0 Å². The Bertz CT molecular complexity index is 393. The second kappa shape index (κ2) is 9.29. The molecule has 1 aliphatic rings. The summed E-state index contributed by atoms with van der Waals surface area (Å²) in [4.78, 5) is 25.1. The fraction of sp³-hybridized carbons (Fsp3) is 0.895. The van der Waals surface area contributed by atoms with Gasteiger partial charge in [0.2, 0.25) is 0 Å². The molecule has 0 aromatic rings. The van der Waals surface area contributed by atoms with Crippen LogP contribution >= 0.6 is 0 Å². The topological polar surface area (TPSA) is 52.6 Å². The average Bonchev–Trinajstić information content (AvgIpc) is 2.56. The van der Waals surface area contributed by atoms with E-state index in [1.807, 2.05) is 6.92 Å². The number of hydrogen-bond acceptors (Lipinski definition) is 4. The third-order valence-electron chi connectivity index (χ3n) is 5.36. The molecule has 4 heteroatoms. The second-order valence-corrected chi connectivity index (χ2v) is 7.47. The summed E-state index contributed by atoms with van der Waals surface area (Å²) in [5.74, 6) is -0.131. The van der Waals surface area contributed by atoms with Crippen LogP contribution in [-0.2, 0) is 19.1 Å². The maximum atomic E-state index is 12.6. The Morgan fingerprint density at radius 3 is 2.17 bits per heavy atom. The highest BCUT2D eigenvalue weighted by molar-refractivity contribution is 5.85. The van der Waals surface area contributed by atoms with Crippen LogP contribution in [0.25, 0.3) is 0 Å². The van der Waals surface area contributed by atoms with E-state index >= 15 is 0 Å². The maximum Gasteiger partial charge on any atom is 0.312 e. The van der Waals surface area contributed by atoms with Gasteiger partial charge in [-0.1, -0.05) is 53.4 Å². The first kappa shape index (κ1) is 20.0. The molecule has 0 aromatic heterocycles. The van der Waals surface area contributed by atoms with Gasteiger partial charge in [-0.05, 0) is 31.6 Å². The highest BCUT2D eigenvalue weighted by Crippen LogP contribution is 2.43. The minimum Gasteiger partial charge on any atom is -0.465 e. The van der Waals surface area contributed by atoms with E-state index in [0.717, 1.165) is 25.7 Å². The van der Waals surface area contributed by atoms with E-state index in [9.17, 15) is 9.59 Å². The highest BCUT2D eigenvalue weighted by Gasteiger charge is 2.48. The molecular weight excluding hydrogens is 292 g/mol. The molecule has 4 atom stereocenters. The van der Waals surface area contributed by atoms with Crippen LogP contribution in [0.3, 0.4) is 0 Å². The van der Waals surface area contributed by atoms with Gasteiger partial charge in [0, 0.05) is 0 Å². The summed E-state index contributed by atoms with van der Waals surface area (Å²) in [6.07, 6.45) is 5.31. The lowest BCUT2D eigenvalue weighted by Crippen LogP contribution is -2.44. The van der Waals surface area contributed by atoms with E-state index in [4.69, 9.17) is 9.47 Å². The smallest absolute Gasteiger partial charge is 0.312 e. The van der Waals surface area contributed by atoms with E-state index < -0.39 is 5.41 Å². The number of ether oxygens (including phenoxy) is 2. The van der Waals surface area contributed by atoms with Gasteiger partial charge in [-0.3, -0.25) is 9.59 Å². The predicted octanol–water partition coefficient (Wildman–Crippen LogP) is 4.36. The molecule has 0 aliphatic heterocycles. The van der Waals surface area contributed by atoms with Crippen molar-refractivity contribution in [3.8, 4) is 0 Å². The van der Waals surface area contributed by atoms with Crippen molar-refractivity contribution in [2.45, 2.75) is 73.1 Å². The van der Waals surface area contributed by atoms with Crippen LogP contribution in [0.4, 0.5) is 0 Å². The van der Waals surface area contributed by atoms with Crippen molar-refractivity contribution in [3.05, 3.63) is 0 Å². The summed E-state index contributed by atoms with van der Waals surface area (Å²) in [5.41, 5.74) is -0.738. The van der Waals surface area contributed by atoms with Crippen LogP contribution in [-0.4, -0.2) is 25.2 Å². The largest absolute Gasteiger partial charge is 0.465 e. The Hall–Kier alpha value is -1.06. The molecule has 0 radical (unpaired) electrons. The van der Waals surface area contributed by atoms with Gasteiger partial charge in [0.05, 0.1) is 24.5 Å². The molecule has 0 bridgehead atoms. The number of carbonyl (C=O) groups is 2. The normalized spacial score (nSPS) is 27.1. The highest BCUT2D eigenvalue weighted by atomic mass is 16.5. The zero-order valence-corrected chi connectivity index (χ0v) is 15.5. The average molecular weight is 326 g/mol. The van der Waals surface area contributed by atoms with Gasteiger partial charge >= 0.3 is 11.9 Å². The van der Waals surface area contributed by atoms with Crippen LogP contribution in [0, 0.1) is 23.2 Å². The Morgan fingerprint density at radius 1 is 1.04 bits per heavy atom. The minimum atomic E-state index is -0.738. The third-order valence-corrected chi connectivity index (χ3v) is 5.36. The molecule has 1 rings (SSSR count). The van der Waals surface area contributed by atoms with Crippen molar-refractivity contribution >= 4 is 11.9 Å². The van der Waals surface area contributed by atoms with Crippen molar-refractivity contribution in [2.24, 2.45) is 23.2 Å². The quantitative estimate of drug-likeness (QED) is 0.622. The van der Waals surface area contributed by atoms with Crippen LogP contribution in [0.15, 0.2) is 0 Å². The number of esters is 2. The molecule has 0 N–H and O–H groups in total. The molecule has 1 fully saturated rings.